The van der Waals surface area contributed by atoms with Gasteiger partial charge in [-0.2, -0.15) is 0 Å². The average Bonchev–Trinajstić information content (AvgIpc) is 3.12. The molecule has 1 aliphatic heterocycles. The molecule has 33 heavy (non-hydrogen) atoms. The van der Waals surface area contributed by atoms with Crippen molar-refractivity contribution in [3.63, 3.8) is 0 Å². The molecule has 1 aromatic heterocycles. The minimum Gasteiger partial charge on any atom is -0.444 e. The Bertz CT molecular complexity index is 1150. The predicted molar refractivity (Wildman–Crippen MR) is 135 cm³/mol. The molecule has 0 radical (unpaired) electrons. The summed E-state index contributed by atoms with van der Waals surface area (Å²) in [6.07, 6.45) is 1.45. The number of piperidine rings is 1. The number of hydrogen-bond donors (Lipinski definition) is 0. The van der Waals surface area contributed by atoms with Gasteiger partial charge in [0.15, 0.2) is 0 Å². The van der Waals surface area contributed by atoms with Gasteiger partial charge in [0.05, 0.1) is 17.6 Å². The summed E-state index contributed by atoms with van der Waals surface area (Å²) in [4.78, 5) is 21.4. The number of rotatable bonds is 4. The van der Waals surface area contributed by atoms with E-state index in [2.05, 4.69) is 22.6 Å². The number of carbonyl (C=O) groups is 1. The van der Waals surface area contributed by atoms with E-state index in [1.807, 2.05) is 51.1 Å². The first-order valence-corrected chi connectivity index (χ1v) is 12.0. The fraction of sp³-hybridized carbons (Fsp3) is 0.440. The largest absolute Gasteiger partial charge is 0.444 e. The Labute approximate surface area is 205 Å². The summed E-state index contributed by atoms with van der Waals surface area (Å²) in [5.74, 6) is 0.887. The number of halogens is 2. The van der Waals surface area contributed by atoms with Gasteiger partial charge in [-0.25, -0.2) is 9.78 Å². The molecule has 6 nitrogen and oxygen atoms in total. The Kier molecular flexibility index (Phi) is 6.78. The lowest BCUT2D eigenvalue weighted by molar-refractivity contribution is 0.0205. The van der Waals surface area contributed by atoms with E-state index in [0.29, 0.717) is 29.7 Å². The number of carbonyl (C=O) groups excluding carboxylic acids is 1. The maximum absolute atomic E-state index is 12.4. The van der Waals surface area contributed by atoms with Gasteiger partial charge in [-0.05, 0) is 63.4 Å². The maximum Gasteiger partial charge on any atom is 0.410 e. The highest BCUT2D eigenvalue weighted by atomic mass is 35.5. The first kappa shape index (κ1) is 23.7. The smallest absolute Gasteiger partial charge is 0.410 e. The van der Waals surface area contributed by atoms with Gasteiger partial charge in [0.25, 0.3) is 0 Å². The van der Waals surface area contributed by atoms with Crippen molar-refractivity contribution >= 4 is 46.3 Å². The fourth-order valence-electron chi connectivity index (χ4n) is 4.23. The zero-order chi connectivity index (χ0) is 23.8. The molecule has 0 unspecified atom stereocenters. The first-order valence-electron chi connectivity index (χ1n) is 11.2. The molecule has 8 heteroatoms. The second kappa shape index (κ2) is 9.43. The van der Waals surface area contributed by atoms with Crippen LogP contribution >= 0.6 is 23.2 Å². The lowest BCUT2D eigenvalue weighted by Crippen LogP contribution is -2.47. The number of likely N-dealkylation sites (tertiary alicyclic amines) is 1. The van der Waals surface area contributed by atoms with E-state index in [1.54, 1.807) is 11.0 Å². The zero-order valence-electron chi connectivity index (χ0n) is 19.5. The molecule has 0 atom stereocenters. The first-order chi connectivity index (χ1) is 15.6. The third-order valence-corrected chi connectivity index (χ3v) is 6.54. The van der Waals surface area contributed by atoms with Crippen molar-refractivity contribution in [2.45, 2.75) is 51.8 Å². The minimum atomic E-state index is -0.488. The number of anilines is 1. The number of hydrogen-bond acceptors (Lipinski definition) is 4. The third-order valence-electron chi connectivity index (χ3n) is 5.96. The van der Waals surface area contributed by atoms with E-state index < -0.39 is 5.60 Å². The van der Waals surface area contributed by atoms with Crippen LogP contribution in [-0.4, -0.2) is 52.3 Å². The Morgan fingerprint density at radius 3 is 2.52 bits per heavy atom. The van der Waals surface area contributed by atoms with Crippen molar-refractivity contribution < 1.29 is 9.53 Å². The summed E-state index contributed by atoms with van der Waals surface area (Å²) in [6, 6.07) is 14.0. The van der Waals surface area contributed by atoms with Crippen LogP contribution in [0.25, 0.3) is 11.0 Å². The fourth-order valence-corrected chi connectivity index (χ4v) is 4.70. The molecule has 0 spiro atoms. The quantitative estimate of drug-likeness (QED) is 0.436. The van der Waals surface area contributed by atoms with E-state index in [9.17, 15) is 4.79 Å². The highest BCUT2D eigenvalue weighted by Gasteiger charge is 2.30. The number of benzene rings is 2. The molecule has 1 saturated heterocycles. The summed E-state index contributed by atoms with van der Waals surface area (Å²) in [7, 11) is 2.08. The molecule has 1 amide bonds. The van der Waals surface area contributed by atoms with Crippen LogP contribution in [0, 0.1) is 0 Å². The number of para-hydroxylation sites is 2. The van der Waals surface area contributed by atoms with Gasteiger partial charge in [0, 0.05) is 36.2 Å². The van der Waals surface area contributed by atoms with E-state index in [0.717, 1.165) is 35.4 Å². The van der Waals surface area contributed by atoms with Crippen molar-refractivity contribution in [2.75, 3.05) is 25.0 Å². The molecule has 176 valence electrons. The van der Waals surface area contributed by atoms with E-state index in [1.165, 1.54) is 0 Å². The molecule has 1 fully saturated rings. The van der Waals surface area contributed by atoms with Crippen LogP contribution in [0.3, 0.4) is 0 Å². The Hall–Kier alpha value is -2.44. The summed E-state index contributed by atoms with van der Waals surface area (Å²) in [5, 5.41) is 1.26. The van der Waals surface area contributed by atoms with Crippen molar-refractivity contribution in [3.8, 4) is 0 Å². The zero-order valence-corrected chi connectivity index (χ0v) is 21.0. The van der Waals surface area contributed by atoms with E-state index in [-0.39, 0.29) is 12.1 Å². The highest BCUT2D eigenvalue weighted by Crippen LogP contribution is 2.30. The Morgan fingerprint density at radius 1 is 1.15 bits per heavy atom. The standard InChI is InChI=1S/C25H30Cl2N4O2/c1-25(2,3)33-24(32)30-13-11-19(12-14-30)29(4)23-28-21-7-5-6-8-22(21)31(23)16-17-9-10-18(26)15-20(17)27/h5-10,15,19H,11-14,16H2,1-4H3. The highest BCUT2D eigenvalue weighted by molar-refractivity contribution is 6.35. The second-order valence-corrected chi connectivity index (χ2v) is 10.4. The van der Waals surface area contributed by atoms with Gasteiger partial charge in [0.1, 0.15) is 5.60 Å². The van der Waals surface area contributed by atoms with E-state index in [4.69, 9.17) is 32.9 Å². The molecule has 2 aromatic carbocycles. The number of aromatic nitrogens is 2. The molecule has 4 rings (SSSR count). The van der Waals surface area contributed by atoms with Crippen LogP contribution in [-0.2, 0) is 11.3 Å². The van der Waals surface area contributed by atoms with Gasteiger partial charge in [0.2, 0.25) is 5.95 Å². The predicted octanol–water partition coefficient (Wildman–Crippen LogP) is 6.23. The lowest BCUT2D eigenvalue weighted by atomic mass is 10.0. The third kappa shape index (κ3) is 5.39. The molecule has 0 aliphatic carbocycles. The van der Waals surface area contributed by atoms with Crippen molar-refractivity contribution in [1.29, 1.82) is 0 Å². The van der Waals surface area contributed by atoms with Crippen molar-refractivity contribution in [3.05, 3.63) is 58.1 Å². The van der Waals surface area contributed by atoms with Gasteiger partial charge >= 0.3 is 6.09 Å². The SMILES string of the molecule is CN(c1nc2ccccc2n1Cc1ccc(Cl)cc1Cl)C1CCN(C(=O)OC(C)(C)C)CC1. The second-order valence-electron chi connectivity index (χ2n) is 9.53. The summed E-state index contributed by atoms with van der Waals surface area (Å²) < 4.78 is 7.74. The van der Waals surface area contributed by atoms with Gasteiger partial charge in [-0.3, -0.25) is 0 Å². The normalized spacial score (nSPS) is 15.2. The number of nitrogens with zero attached hydrogens (tertiary/aromatic N) is 4. The van der Waals surface area contributed by atoms with Crippen LogP contribution in [0.1, 0.15) is 39.2 Å². The maximum atomic E-state index is 12.4. The minimum absolute atomic E-state index is 0.242. The van der Waals surface area contributed by atoms with Gasteiger partial charge in [-0.15, -0.1) is 0 Å². The summed E-state index contributed by atoms with van der Waals surface area (Å²) >= 11 is 12.6. The molecule has 0 saturated carbocycles. The van der Waals surface area contributed by atoms with Crippen LogP contribution in [0.15, 0.2) is 42.5 Å². The average molecular weight is 489 g/mol. The number of fused-ring (bicyclic) bond motifs is 1. The Morgan fingerprint density at radius 2 is 1.85 bits per heavy atom. The van der Waals surface area contributed by atoms with Gasteiger partial charge < -0.3 is 19.1 Å². The van der Waals surface area contributed by atoms with Crippen molar-refractivity contribution in [2.24, 2.45) is 0 Å². The molecule has 1 aliphatic rings. The van der Waals surface area contributed by atoms with Crippen LogP contribution in [0.2, 0.25) is 10.0 Å². The Balaban J connectivity index is 1.56. The summed E-state index contributed by atoms with van der Waals surface area (Å²) in [5.41, 5.74) is 2.49. The molecule has 0 bridgehead atoms. The van der Waals surface area contributed by atoms with Crippen LogP contribution < -0.4 is 4.90 Å². The lowest BCUT2D eigenvalue weighted by Gasteiger charge is -2.37. The van der Waals surface area contributed by atoms with Gasteiger partial charge in [-0.1, -0.05) is 41.4 Å². The molecule has 3 aromatic rings. The van der Waals surface area contributed by atoms with Crippen LogP contribution in [0.4, 0.5) is 10.7 Å². The molecule has 0 N–H and O–H groups in total. The number of amides is 1. The number of ether oxygens (including phenoxy) is 1. The molecule has 2 heterocycles. The van der Waals surface area contributed by atoms with E-state index >= 15 is 0 Å². The molecular formula is C25H30Cl2N4O2. The monoisotopic (exact) mass is 488 g/mol. The van der Waals surface area contributed by atoms with Crippen LogP contribution in [0.5, 0.6) is 0 Å². The molecular weight excluding hydrogens is 459 g/mol. The summed E-state index contributed by atoms with van der Waals surface area (Å²) in [6.45, 7) is 7.59. The number of imidazole rings is 1. The topological polar surface area (TPSA) is 50.6 Å². The van der Waals surface area contributed by atoms with Crippen molar-refractivity contribution in [1.82, 2.24) is 14.5 Å².